The number of hydrogen-bond donors (Lipinski definition) is 2. The number of esters is 1. The summed E-state index contributed by atoms with van der Waals surface area (Å²) in [5, 5.41) is 5.41. The summed E-state index contributed by atoms with van der Waals surface area (Å²) in [5.74, 6) is -0.329. The molecule has 1 aliphatic rings. The summed E-state index contributed by atoms with van der Waals surface area (Å²) in [6.07, 6.45) is 3.99. The molecule has 0 aromatic heterocycles. The summed E-state index contributed by atoms with van der Waals surface area (Å²) in [7, 11) is 0. The molecule has 1 aliphatic heterocycles. The molecule has 6 heteroatoms. The van der Waals surface area contributed by atoms with Gasteiger partial charge in [-0.05, 0) is 19.8 Å². The lowest BCUT2D eigenvalue weighted by Gasteiger charge is -2.05. The fourth-order valence-electron chi connectivity index (χ4n) is 1.42. The molecule has 0 atom stereocenters. The SMILES string of the molecule is C=C(C)C(=O)OCCC(=O)NCCCC.O=C1CCCN1. The lowest BCUT2D eigenvalue weighted by molar-refractivity contribution is -0.139. The zero-order chi connectivity index (χ0) is 16.1. The third-order valence-corrected chi connectivity index (χ3v) is 2.67. The van der Waals surface area contributed by atoms with Gasteiger partial charge < -0.3 is 15.4 Å². The Bertz CT molecular complexity index is 359. The molecule has 2 N–H and O–H groups in total. The summed E-state index contributed by atoms with van der Waals surface area (Å²) in [6, 6.07) is 0. The highest BCUT2D eigenvalue weighted by Crippen LogP contribution is 1.94. The van der Waals surface area contributed by atoms with Gasteiger partial charge in [-0.1, -0.05) is 19.9 Å². The Balaban J connectivity index is 0.000000547. The number of amides is 2. The van der Waals surface area contributed by atoms with Crippen molar-refractivity contribution in [2.24, 2.45) is 0 Å². The smallest absolute Gasteiger partial charge is 0.333 e. The number of hydrogen-bond acceptors (Lipinski definition) is 4. The van der Waals surface area contributed by atoms with E-state index in [1.54, 1.807) is 6.92 Å². The first-order valence-electron chi connectivity index (χ1n) is 7.33. The van der Waals surface area contributed by atoms with E-state index in [1.807, 2.05) is 0 Å². The Morgan fingerprint density at radius 2 is 2.14 bits per heavy atom. The Labute approximate surface area is 126 Å². The van der Waals surface area contributed by atoms with Crippen LogP contribution < -0.4 is 10.6 Å². The Morgan fingerprint density at radius 1 is 1.43 bits per heavy atom. The first-order chi connectivity index (χ1) is 9.97. The standard InChI is InChI=1S/C11H19NO3.C4H7NO/c1-4-5-7-12-10(13)6-8-15-11(14)9(2)3;6-4-2-1-3-5-4/h2,4-8H2,1,3H3,(H,12,13);1-3H2,(H,5,6). The maximum atomic E-state index is 11.1. The van der Waals surface area contributed by atoms with Gasteiger partial charge >= 0.3 is 5.97 Å². The molecule has 0 aromatic rings. The topological polar surface area (TPSA) is 84.5 Å². The highest BCUT2D eigenvalue weighted by molar-refractivity contribution is 5.87. The molecule has 0 radical (unpaired) electrons. The van der Waals surface area contributed by atoms with Gasteiger partial charge in [0.2, 0.25) is 11.8 Å². The highest BCUT2D eigenvalue weighted by Gasteiger charge is 2.06. The Kier molecular flexibility index (Phi) is 10.9. The van der Waals surface area contributed by atoms with E-state index in [9.17, 15) is 14.4 Å². The summed E-state index contributed by atoms with van der Waals surface area (Å²) >= 11 is 0. The van der Waals surface area contributed by atoms with Crippen molar-refractivity contribution in [3.05, 3.63) is 12.2 Å². The fourth-order valence-corrected chi connectivity index (χ4v) is 1.42. The van der Waals surface area contributed by atoms with Crippen LogP contribution >= 0.6 is 0 Å². The third-order valence-electron chi connectivity index (χ3n) is 2.67. The second-order valence-electron chi connectivity index (χ2n) is 4.82. The van der Waals surface area contributed by atoms with Gasteiger partial charge in [-0.3, -0.25) is 9.59 Å². The average Bonchev–Trinajstić information content (AvgIpc) is 2.90. The normalized spacial score (nSPS) is 12.8. The molecule has 0 unspecified atom stereocenters. The maximum Gasteiger partial charge on any atom is 0.333 e. The highest BCUT2D eigenvalue weighted by atomic mass is 16.5. The van der Waals surface area contributed by atoms with Crippen LogP contribution in [0.25, 0.3) is 0 Å². The Hall–Kier alpha value is -1.85. The minimum Gasteiger partial charge on any atom is -0.462 e. The molecule has 120 valence electrons. The zero-order valence-corrected chi connectivity index (χ0v) is 13.0. The van der Waals surface area contributed by atoms with Gasteiger partial charge in [0.1, 0.15) is 6.61 Å². The van der Waals surface area contributed by atoms with Gasteiger partial charge in [0, 0.05) is 25.1 Å². The van der Waals surface area contributed by atoms with Crippen molar-refractivity contribution in [1.29, 1.82) is 0 Å². The van der Waals surface area contributed by atoms with Gasteiger partial charge in [-0.2, -0.15) is 0 Å². The molecular weight excluding hydrogens is 272 g/mol. The zero-order valence-electron chi connectivity index (χ0n) is 13.0. The van der Waals surface area contributed by atoms with E-state index in [0.29, 0.717) is 12.1 Å². The van der Waals surface area contributed by atoms with Gasteiger partial charge in [-0.25, -0.2) is 4.79 Å². The molecule has 2 amide bonds. The van der Waals surface area contributed by atoms with E-state index >= 15 is 0 Å². The first-order valence-corrected chi connectivity index (χ1v) is 7.33. The molecule has 0 spiro atoms. The number of ether oxygens (including phenoxy) is 1. The monoisotopic (exact) mass is 298 g/mol. The number of carbonyl (C=O) groups excluding carboxylic acids is 3. The summed E-state index contributed by atoms with van der Waals surface area (Å²) in [4.78, 5) is 32.2. The van der Waals surface area contributed by atoms with Gasteiger partial charge in [-0.15, -0.1) is 0 Å². The maximum absolute atomic E-state index is 11.1. The molecule has 0 aliphatic carbocycles. The van der Waals surface area contributed by atoms with Crippen LogP contribution in [0.5, 0.6) is 0 Å². The van der Waals surface area contributed by atoms with Crippen LogP contribution in [0.3, 0.4) is 0 Å². The summed E-state index contributed by atoms with van der Waals surface area (Å²) in [5.41, 5.74) is 0.349. The van der Waals surface area contributed by atoms with Crippen molar-refractivity contribution < 1.29 is 19.1 Å². The fraction of sp³-hybridized carbons (Fsp3) is 0.667. The number of nitrogens with one attached hydrogen (secondary N) is 2. The minimum absolute atomic E-state index is 0.0852. The van der Waals surface area contributed by atoms with Crippen LogP contribution in [0.2, 0.25) is 0 Å². The predicted octanol–water partition coefficient (Wildman–Crippen LogP) is 1.31. The largest absolute Gasteiger partial charge is 0.462 e. The molecule has 1 rings (SSSR count). The van der Waals surface area contributed by atoms with E-state index in [-0.39, 0.29) is 24.8 Å². The van der Waals surface area contributed by atoms with Crippen LogP contribution in [0, 0.1) is 0 Å². The van der Waals surface area contributed by atoms with E-state index in [0.717, 1.165) is 32.2 Å². The Morgan fingerprint density at radius 3 is 2.57 bits per heavy atom. The second-order valence-corrected chi connectivity index (χ2v) is 4.82. The van der Waals surface area contributed by atoms with Crippen LogP contribution in [0.1, 0.15) is 46.0 Å². The van der Waals surface area contributed by atoms with E-state index in [2.05, 4.69) is 24.1 Å². The predicted molar refractivity (Wildman–Crippen MR) is 80.6 cm³/mol. The number of carbonyl (C=O) groups is 3. The van der Waals surface area contributed by atoms with Gasteiger partial charge in [0.25, 0.3) is 0 Å². The van der Waals surface area contributed by atoms with Crippen LogP contribution in [0.4, 0.5) is 0 Å². The van der Waals surface area contributed by atoms with Gasteiger partial charge in [0.05, 0.1) is 6.42 Å². The van der Waals surface area contributed by atoms with E-state index < -0.39 is 5.97 Å². The van der Waals surface area contributed by atoms with Gasteiger partial charge in [0.15, 0.2) is 0 Å². The van der Waals surface area contributed by atoms with E-state index in [4.69, 9.17) is 4.74 Å². The molecule has 0 aromatic carbocycles. The molecule has 1 saturated heterocycles. The van der Waals surface area contributed by atoms with Crippen molar-refractivity contribution in [3.8, 4) is 0 Å². The van der Waals surface area contributed by atoms with Crippen LogP contribution in [-0.4, -0.2) is 37.5 Å². The van der Waals surface area contributed by atoms with E-state index in [1.165, 1.54) is 0 Å². The molecule has 1 heterocycles. The summed E-state index contributed by atoms with van der Waals surface area (Å²) < 4.78 is 4.78. The van der Waals surface area contributed by atoms with Crippen LogP contribution in [-0.2, 0) is 19.1 Å². The molecule has 0 saturated carbocycles. The van der Waals surface area contributed by atoms with Crippen molar-refractivity contribution in [2.75, 3.05) is 19.7 Å². The number of unbranched alkanes of at least 4 members (excludes halogenated alkanes) is 1. The van der Waals surface area contributed by atoms with Crippen molar-refractivity contribution in [3.63, 3.8) is 0 Å². The summed E-state index contributed by atoms with van der Waals surface area (Å²) in [6.45, 7) is 8.75. The molecule has 6 nitrogen and oxygen atoms in total. The van der Waals surface area contributed by atoms with Crippen molar-refractivity contribution in [2.45, 2.75) is 46.0 Å². The lowest BCUT2D eigenvalue weighted by Crippen LogP contribution is -2.25. The third kappa shape index (κ3) is 11.7. The quantitative estimate of drug-likeness (QED) is 0.421. The number of rotatable bonds is 7. The van der Waals surface area contributed by atoms with Crippen molar-refractivity contribution >= 4 is 17.8 Å². The van der Waals surface area contributed by atoms with Crippen LogP contribution in [0.15, 0.2) is 12.2 Å². The first kappa shape index (κ1) is 19.1. The molecule has 1 fully saturated rings. The molecular formula is C15H26N2O4. The minimum atomic E-state index is -0.448. The average molecular weight is 298 g/mol. The lowest BCUT2D eigenvalue weighted by atomic mass is 10.3. The molecule has 0 bridgehead atoms. The second kappa shape index (κ2) is 11.9. The van der Waals surface area contributed by atoms with Crippen molar-refractivity contribution in [1.82, 2.24) is 10.6 Å². The molecule has 21 heavy (non-hydrogen) atoms.